The lowest BCUT2D eigenvalue weighted by Gasteiger charge is -2.40. The number of hydrogen-bond acceptors (Lipinski definition) is 3. The third kappa shape index (κ3) is 47.2. The molecule has 0 aliphatic heterocycles. The monoisotopic (exact) mass is 854 g/mol. The van der Waals surface area contributed by atoms with E-state index in [9.17, 15) is 13.0 Å². The van der Waals surface area contributed by atoms with Gasteiger partial charge in [0.1, 0.15) is 0 Å². The van der Waals surface area contributed by atoms with E-state index in [-0.39, 0.29) is 5.75 Å². The van der Waals surface area contributed by atoms with Crippen molar-refractivity contribution in [2.75, 3.05) is 31.9 Å². The zero-order valence-electron chi connectivity index (χ0n) is 41.1. The topological polar surface area (TPSA) is 57.2 Å². The Morgan fingerprint density at radius 2 is 0.407 bits per heavy atom. The normalized spacial score (nSPS) is 12.3. The SMILES string of the molecule is CCCCCCCCCCCCCCCCC[N+](CCCCCCCCCCCCCCCCC)(CCCCCCCCCCCCCCCCC)CCCS(=O)(=O)[O-]. The average molecular weight is 855 g/mol. The van der Waals surface area contributed by atoms with Crippen LogP contribution in [0.5, 0.6) is 0 Å². The van der Waals surface area contributed by atoms with Gasteiger partial charge in [0.05, 0.1) is 36.3 Å². The summed E-state index contributed by atoms with van der Waals surface area (Å²) in [7, 11) is -4.16. The van der Waals surface area contributed by atoms with Crippen molar-refractivity contribution in [2.24, 2.45) is 0 Å². The molecule has 0 saturated heterocycles. The predicted octanol–water partition coefficient (Wildman–Crippen LogP) is 18.4. The molecule has 0 aromatic heterocycles. The molecule has 0 fully saturated rings. The minimum absolute atomic E-state index is 0.191. The van der Waals surface area contributed by atoms with Gasteiger partial charge in [0, 0.05) is 12.2 Å². The minimum Gasteiger partial charge on any atom is -0.748 e. The van der Waals surface area contributed by atoms with Gasteiger partial charge in [0.2, 0.25) is 0 Å². The molecule has 0 aliphatic rings. The number of rotatable bonds is 52. The number of hydrogen-bond donors (Lipinski definition) is 0. The molecule has 0 heterocycles. The molecular weight excluding hydrogens is 743 g/mol. The fraction of sp³-hybridized carbons (Fsp3) is 1.00. The Labute approximate surface area is 374 Å². The van der Waals surface area contributed by atoms with Crippen LogP contribution in [0.15, 0.2) is 0 Å². The molecule has 0 atom stereocenters. The van der Waals surface area contributed by atoms with E-state index in [0.717, 1.165) is 11.0 Å². The van der Waals surface area contributed by atoms with Crippen LogP contribution in [0.1, 0.15) is 316 Å². The van der Waals surface area contributed by atoms with Crippen LogP contribution in [0.3, 0.4) is 0 Å². The van der Waals surface area contributed by atoms with Crippen molar-refractivity contribution in [1.82, 2.24) is 0 Å². The van der Waals surface area contributed by atoms with Crippen LogP contribution in [0.2, 0.25) is 0 Å². The molecule has 0 rings (SSSR count). The summed E-state index contributed by atoms with van der Waals surface area (Å²) < 4.78 is 36.1. The third-order valence-electron chi connectivity index (χ3n) is 13.7. The number of quaternary nitrogens is 1. The first-order valence-electron chi connectivity index (χ1n) is 27.7. The van der Waals surface area contributed by atoms with Crippen LogP contribution in [0.25, 0.3) is 0 Å². The summed E-state index contributed by atoms with van der Waals surface area (Å²) in [6.07, 6.45) is 62.9. The van der Waals surface area contributed by atoms with Gasteiger partial charge in [-0.25, -0.2) is 8.42 Å². The van der Waals surface area contributed by atoms with E-state index in [1.807, 2.05) is 0 Å². The Morgan fingerprint density at radius 1 is 0.254 bits per heavy atom. The van der Waals surface area contributed by atoms with Crippen molar-refractivity contribution in [3.05, 3.63) is 0 Å². The molecule has 0 saturated carbocycles. The summed E-state index contributed by atoms with van der Waals surface area (Å²) in [6, 6.07) is 0. The largest absolute Gasteiger partial charge is 0.748 e. The van der Waals surface area contributed by atoms with Crippen molar-refractivity contribution in [3.8, 4) is 0 Å². The van der Waals surface area contributed by atoms with Crippen LogP contribution in [-0.2, 0) is 10.1 Å². The molecule has 0 spiro atoms. The third-order valence-corrected chi connectivity index (χ3v) is 14.5. The summed E-state index contributed by atoms with van der Waals surface area (Å²) in [5.41, 5.74) is 0. The van der Waals surface area contributed by atoms with E-state index in [1.165, 1.54) is 309 Å². The van der Waals surface area contributed by atoms with E-state index in [4.69, 9.17) is 0 Å². The van der Waals surface area contributed by atoms with Crippen LogP contribution in [0, 0.1) is 0 Å². The smallest absolute Gasteiger partial charge is 0.0948 e. The average Bonchev–Trinajstić information content (AvgIpc) is 3.21. The summed E-state index contributed by atoms with van der Waals surface area (Å²) in [5, 5.41) is 0. The van der Waals surface area contributed by atoms with Crippen molar-refractivity contribution in [3.63, 3.8) is 0 Å². The van der Waals surface area contributed by atoms with Gasteiger partial charge >= 0.3 is 0 Å². The van der Waals surface area contributed by atoms with Crippen molar-refractivity contribution >= 4 is 10.1 Å². The summed E-state index contributed by atoms with van der Waals surface area (Å²) in [4.78, 5) is 0. The van der Waals surface area contributed by atoms with Gasteiger partial charge in [-0.2, -0.15) is 0 Å². The number of unbranched alkanes of at least 4 members (excludes halogenated alkanes) is 42. The molecule has 0 unspecified atom stereocenters. The van der Waals surface area contributed by atoms with E-state index in [2.05, 4.69) is 20.8 Å². The van der Waals surface area contributed by atoms with Crippen LogP contribution < -0.4 is 0 Å². The van der Waals surface area contributed by atoms with E-state index in [1.54, 1.807) is 0 Å². The second-order valence-electron chi connectivity index (χ2n) is 19.7. The van der Waals surface area contributed by atoms with Gasteiger partial charge in [-0.1, -0.05) is 271 Å². The second-order valence-corrected chi connectivity index (χ2v) is 21.2. The lowest BCUT2D eigenvalue weighted by molar-refractivity contribution is -0.928. The first-order chi connectivity index (χ1) is 28.9. The highest BCUT2D eigenvalue weighted by atomic mass is 32.2. The highest BCUT2D eigenvalue weighted by Crippen LogP contribution is 2.21. The molecule has 0 aromatic carbocycles. The van der Waals surface area contributed by atoms with Gasteiger partial charge < -0.3 is 9.04 Å². The van der Waals surface area contributed by atoms with Gasteiger partial charge in [-0.15, -0.1) is 0 Å². The van der Waals surface area contributed by atoms with E-state index >= 15 is 0 Å². The van der Waals surface area contributed by atoms with Gasteiger partial charge in [-0.3, -0.25) is 0 Å². The van der Waals surface area contributed by atoms with E-state index < -0.39 is 10.1 Å². The molecule has 0 amide bonds. The summed E-state index contributed by atoms with van der Waals surface area (Å²) in [6.45, 7) is 11.3. The first kappa shape index (κ1) is 58.9. The number of nitrogens with zero attached hydrogens (tertiary/aromatic N) is 1. The zero-order chi connectivity index (χ0) is 43.1. The molecule has 356 valence electrons. The van der Waals surface area contributed by atoms with Crippen LogP contribution >= 0.6 is 0 Å². The lowest BCUT2D eigenvalue weighted by atomic mass is 10.0. The van der Waals surface area contributed by atoms with Crippen LogP contribution in [0.4, 0.5) is 0 Å². The summed E-state index contributed by atoms with van der Waals surface area (Å²) >= 11 is 0. The molecule has 4 nitrogen and oxygen atoms in total. The highest BCUT2D eigenvalue weighted by molar-refractivity contribution is 7.85. The Bertz CT molecular complexity index is 808. The fourth-order valence-corrected chi connectivity index (χ4v) is 10.2. The predicted molar refractivity (Wildman–Crippen MR) is 264 cm³/mol. The maximum absolute atomic E-state index is 11.7. The Kier molecular flexibility index (Phi) is 47.2. The molecule has 5 heteroatoms. The fourth-order valence-electron chi connectivity index (χ4n) is 9.70. The van der Waals surface area contributed by atoms with Crippen molar-refractivity contribution in [2.45, 2.75) is 316 Å². The van der Waals surface area contributed by atoms with Crippen molar-refractivity contribution < 1.29 is 17.5 Å². The standard InChI is InChI=1S/C54H111NO3S/c1-4-7-10-13-16-19-22-25-28-31-34-37-40-43-46-50-55(53-49-54-59(56,57)58,51-47-44-41-38-35-32-29-26-23-20-17-14-11-8-5-2)52-48-45-42-39-36-33-30-27-24-21-18-15-12-9-6-3/h4-54H2,1-3H3. The highest BCUT2D eigenvalue weighted by Gasteiger charge is 2.26. The lowest BCUT2D eigenvalue weighted by Crippen LogP contribution is -2.51. The Balaban J connectivity index is 4.70. The van der Waals surface area contributed by atoms with Crippen LogP contribution in [-0.4, -0.2) is 49.4 Å². The molecule has 59 heavy (non-hydrogen) atoms. The second kappa shape index (κ2) is 47.4. The Hall–Kier alpha value is -0.130. The molecular formula is C54H111NO3S. The van der Waals surface area contributed by atoms with Crippen molar-refractivity contribution in [1.29, 1.82) is 0 Å². The van der Waals surface area contributed by atoms with Gasteiger partial charge in [0.25, 0.3) is 0 Å². The molecule has 0 radical (unpaired) electrons. The molecule has 0 bridgehead atoms. The van der Waals surface area contributed by atoms with Gasteiger partial charge in [0.15, 0.2) is 0 Å². The minimum atomic E-state index is -4.16. The summed E-state index contributed by atoms with van der Waals surface area (Å²) in [5.74, 6) is -0.191. The maximum atomic E-state index is 11.7. The first-order valence-corrected chi connectivity index (χ1v) is 29.3. The van der Waals surface area contributed by atoms with Gasteiger partial charge in [-0.05, 0) is 38.5 Å². The molecule has 0 aromatic rings. The Morgan fingerprint density at radius 3 is 0.576 bits per heavy atom. The van der Waals surface area contributed by atoms with E-state index in [0.29, 0.717) is 6.42 Å². The quantitative estimate of drug-likeness (QED) is 0.0348. The molecule has 0 aliphatic carbocycles. The maximum Gasteiger partial charge on any atom is 0.0948 e. The molecule has 0 N–H and O–H groups in total. The zero-order valence-corrected chi connectivity index (χ0v) is 42.0.